The van der Waals surface area contributed by atoms with Gasteiger partial charge in [0, 0.05) is 30.2 Å². The number of nitrogens with one attached hydrogen (secondary N) is 2. The highest BCUT2D eigenvalue weighted by Gasteiger charge is 2.67. The molecule has 1 aliphatic heterocycles. The van der Waals surface area contributed by atoms with Crippen LogP contribution in [0, 0.1) is 5.41 Å². The Balaban J connectivity index is 1.40. The maximum atomic E-state index is 14.6. The number of carbonyl (C=O) groups is 1. The highest BCUT2D eigenvalue weighted by molar-refractivity contribution is 5.91. The fraction of sp³-hybridized carbons (Fsp3) is 0.609. The molecule has 0 radical (unpaired) electrons. The van der Waals surface area contributed by atoms with Gasteiger partial charge in [0.15, 0.2) is 0 Å². The molecular formula is C23H30FN5O. The quantitative estimate of drug-likeness (QED) is 0.735. The number of hydrogen-bond acceptors (Lipinski definition) is 4. The van der Waals surface area contributed by atoms with Crippen molar-refractivity contribution in [3.63, 3.8) is 0 Å². The maximum Gasteiger partial charge on any atom is 0.246 e. The van der Waals surface area contributed by atoms with Crippen LogP contribution >= 0.6 is 0 Å². The van der Waals surface area contributed by atoms with Crippen LogP contribution in [0.15, 0.2) is 25.2 Å². The lowest BCUT2D eigenvalue weighted by atomic mass is 9.94. The number of aromatic nitrogens is 3. The summed E-state index contributed by atoms with van der Waals surface area (Å²) in [6.07, 6.45) is 10.4. The van der Waals surface area contributed by atoms with Crippen LogP contribution in [0.4, 0.5) is 10.2 Å². The van der Waals surface area contributed by atoms with Crippen LogP contribution in [0.3, 0.4) is 0 Å². The van der Waals surface area contributed by atoms with Gasteiger partial charge in [0.1, 0.15) is 23.5 Å². The smallest absolute Gasteiger partial charge is 0.246 e. The molecule has 1 unspecified atom stereocenters. The van der Waals surface area contributed by atoms with E-state index < -0.39 is 5.67 Å². The van der Waals surface area contributed by atoms with Gasteiger partial charge in [-0.15, -0.1) is 0 Å². The molecule has 7 heteroatoms. The first kappa shape index (κ1) is 19.5. The molecule has 1 spiro atoms. The lowest BCUT2D eigenvalue weighted by molar-refractivity contribution is -0.129. The molecule has 6 nitrogen and oxygen atoms in total. The van der Waals surface area contributed by atoms with E-state index in [-0.39, 0.29) is 23.4 Å². The van der Waals surface area contributed by atoms with Gasteiger partial charge in [0.25, 0.3) is 0 Å². The molecule has 2 saturated carbocycles. The Morgan fingerprint density at radius 1 is 1.40 bits per heavy atom. The van der Waals surface area contributed by atoms with E-state index in [0.717, 1.165) is 49.0 Å². The maximum absolute atomic E-state index is 14.6. The molecule has 0 aromatic carbocycles. The number of anilines is 1. The molecule has 1 amide bonds. The molecule has 1 saturated heterocycles. The summed E-state index contributed by atoms with van der Waals surface area (Å²) in [6, 6.07) is 0.337. The SMILES string of the molecule is C=CC(=O)N1C[C@H](Nc2ncnc3[nH]cc([C@H]4CC[C@@]5(C4)CC5(C)F)c23)CC[C@@H]1C. The van der Waals surface area contributed by atoms with Crippen molar-refractivity contribution in [2.24, 2.45) is 5.41 Å². The van der Waals surface area contributed by atoms with Crippen molar-refractivity contribution in [3.05, 3.63) is 30.7 Å². The molecule has 5 atom stereocenters. The summed E-state index contributed by atoms with van der Waals surface area (Å²) in [4.78, 5) is 26.4. The first-order chi connectivity index (χ1) is 14.3. The van der Waals surface area contributed by atoms with E-state index in [2.05, 4.69) is 33.8 Å². The largest absolute Gasteiger partial charge is 0.365 e. The zero-order chi connectivity index (χ0) is 21.1. The van der Waals surface area contributed by atoms with Gasteiger partial charge in [-0.2, -0.15) is 0 Å². The molecule has 3 aliphatic rings. The van der Waals surface area contributed by atoms with E-state index >= 15 is 0 Å². The molecule has 30 heavy (non-hydrogen) atoms. The van der Waals surface area contributed by atoms with Gasteiger partial charge in [-0.25, -0.2) is 14.4 Å². The number of amides is 1. The minimum atomic E-state index is -1.01. The van der Waals surface area contributed by atoms with Gasteiger partial charge in [0.2, 0.25) is 5.91 Å². The summed E-state index contributed by atoms with van der Waals surface area (Å²) in [5, 5.41) is 4.60. The third-order valence-corrected chi connectivity index (χ3v) is 7.88. The number of halogens is 1. The second-order valence-corrected chi connectivity index (χ2v) is 9.75. The number of piperidine rings is 1. The second kappa shape index (κ2) is 6.79. The molecule has 0 bridgehead atoms. The van der Waals surface area contributed by atoms with Gasteiger partial charge in [-0.1, -0.05) is 6.58 Å². The predicted molar refractivity (Wildman–Crippen MR) is 115 cm³/mol. The monoisotopic (exact) mass is 411 g/mol. The standard InChI is InChI=1S/C23H30FN5O/c1-4-18(30)29-11-16(6-5-14(29)2)28-21-19-17(10-25-20(19)26-13-27-21)15-7-8-23(9-15)12-22(23,3)24/h4,10,13-16H,1,5-9,11-12H2,2-3H3,(H2,25,26,27,28)/t14-,15-,16+,22?,23+/m0/s1. The molecule has 2 aromatic rings. The summed E-state index contributed by atoms with van der Waals surface area (Å²) in [5.74, 6) is 1.11. The van der Waals surface area contributed by atoms with E-state index in [1.54, 1.807) is 13.3 Å². The fourth-order valence-electron chi connectivity index (χ4n) is 5.88. The number of rotatable bonds is 4. The summed E-state index contributed by atoms with van der Waals surface area (Å²) >= 11 is 0. The van der Waals surface area contributed by atoms with Crippen molar-refractivity contribution in [3.8, 4) is 0 Å². The van der Waals surface area contributed by atoms with Crippen molar-refractivity contribution in [1.82, 2.24) is 19.9 Å². The van der Waals surface area contributed by atoms with E-state index in [0.29, 0.717) is 18.9 Å². The third-order valence-electron chi connectivity index (χ3n) is 7.88. The lowest BCUT2D eigenvalue weighted by Gasteiger charge is -2.38. The minimum absolute atomic E-state index is 0.0286. The Bertz CT molecular complexity index is 1000. The highest BCUT2D eigenvalue weighted by Crippen LogP contribution is 2.70. The number of alkyl halides is 1. The minimum Gasteiger partial charge on any atom is -0.365 e. The highest BCUT2D eigenvalue weighted by atomic mass is 19.1. The molecule has 160 valence electrons. The predicted octanol–water partition coefficient (Wildman–Crippen LogP) is 4.32. The van der Waals surface area contributed by atoms with Crippen molar-refractivity contribution in [1.29, 1.82) is 0 Å². The van der Waals surface area contributed by atoms with E-state index in [1.807, 2.05) is 11.1 Å². The van der Waals surface area contributed by atoms with Crippen LogP contribution in [0.5, 0.6) is 0 Å². The lowest BCUT2D eigenvalue weighted by Crippen LogP contribution is -2.49. The van der Waals surface area contributed by atoms with Gasteiger partial charge >= 0.3 is 0 Å². The van der Waals surface area contributed by atoms with Gasteiger partial charge < -0.3 is 15.2 Å². The van der Waals surface area contributed by atoms with Gasteiger partial charge in [0.05, 0.1) is 5.39 Å². The number of fused-ring (bicyclic) bond motifs is 1. The number of aromatic amines is 1. The van der Waals surface area contributed by atoms with E-state index in [9.17, 15) is 9.18 Å². The normalized spacial score (nSPS) is 35.7. The van der Waals surface area contributed by atoms with Crippen molar-refractivity contribution < 1.29 is 9.18 Å². The molecule has 2 aliphatic carbocycles. The van der Waals surface area contributed by atoms with Crippen LogP contribution in [0.2, 0.25) is 0 Å². The first-order valence-corrected chi connectivity index (χ1v) is 11.0. The summed E-state index contributed by atoms with van der Waals surface area (Å²) in [7, 11) is 0. The van der Waals surface area contributed by atoms with Crippen LogP contribution < -0.4 is 5.32 Å². The topological polar surface area (TPSA) is 73.9 Å². The van der Waals surface area contributed by atoms with Crippen molar-refractivity contribution in [2.75, 3.05) is 11.9 Å². The third kappa shape index (κ3) is 3.01. The van der Waals surface area contributed by atoms with Crippen LogP contribution in [-0.2, 0) is 4.79 Å². The van der Waals surface area contributed by atoms with Gasteiger partial charge in [-0.05, 0) is 69.9 Å². The van der Waals surface area contributed by atoms with E-state index in [4.69, 9.17) is 0 Å². The zero-order valence-corrected chi connectivity index (χ0v) is 17.7. The summed E-state index contributed by atoms with van der Waals surface area (Å²) < 4.78 is 14.6. The molecular weight excluding hydrogens is 381 g/mol. The number of H-pyrrole nitrogens is 1. The van der Waals surface area contributed by atoms with E-state index in [1.165, 1.54) is 11.6 Å². The average Bonchev–Trinajstić information content (AvgIpc) is 3.10. The number of nitrogens with zero attached hydrogens (tertiary/aromatic N) is 3. The zero-order valence-electron chi connectivity index (χ0n) is 17.7. The molecule has 5 rings (SSSR count). The average molecular weight is 412 g/mol. The summed E-state index contributed by atoms with van der Waals surface area (Å²) in [5.41, 5.74) is 0.863. The Hall–Kier alpha value is -2.44. The Kier molecular flexibility index (Phi) is 4.42. The second-order valence-electron chi connectivity index (χ2n) is 9.75. The molecule has 2 aromatic heterocycles. The Morgan fingerprint density at radius 2 is 2.20 bits per heavy atom. The van der Waals surface area contributed by atoms with Crippen LogP contribution in [0.1, 0.15) is 63.9 Å². The number of likely N-dealkylation sites (tertiary alicyclic amines) is 1. The van der Waals surface area contributed by atoms with Gasteiger partial charge in [-0.3, -0.25) is 4.79 Å². The molecule has 2 N–H and O–H groups in total. The van der Waals surface area contributed by atoms with Crippen LogP contribution in [0.25, 0.3) is 11.0 Å². The summed E-state index contributed by atoms with van der Waals surface area (Å²) in [6.45, 7) is 8.09. The number of hydrogen-bond donors (Lipinski definition) is 2. The fourth-order valence-corrected chi connectivity index (χ4v) is 5.88. The Morgan fingerprint density at radius 3 is 2.90 bits per heavy atom. The Labute approximate surface area is 176 Å². The van der Waals surface area contributed by atoms with Crippen molar-refractivity contribution in [2.45, 2.75) is 76.0 Å². The first-order valence-electron chi connectivity index (χ1n) is 11.0. The molecule has 3 fully saturated rings. The molecule has 3 heterocycles. The van der Waals surface area contributed by atoms with Crippen molar-refractivity contribution >= 4 is 22.8 Å². The number of carbonyl (C=O) groups excluding carboxylic acids is 1. The van der Waals surface area contributed by atoms with Crippen LogP contribution in [-0.4, -0.2) is 50.1 Å².